The summed E-state index contributed by atoms with van der Waals surface area (Å²) in [5.74, 6) is 2.03. The average Bonchev–Trinajstić information content (AvgIpc) is 3.48. The molecule has 0 amide bonds. The normalized spacial score (nSPS) is 14.7. The van der Waals surface area contributed by atoms with Crippen LogP contribution in [-0.2, 0) is 0 Å². The maximum absolute atomic E-state index is 6.06. The van der Waals surface area contributed by atoms with Crippen molar-refractivity contribution >= 4 is 27.6 Å². The van der Waals surface area contributed by atoms with Gasteiger partial charge in [0, 0.05) is 28.6 Å². The second-order valence-electron chi connectivity index (χ2n) is 10.6. The molecule has 5 nitrogen and oxygen atoms in total. The third-order valence-electron chi connectivity index (χ3n) is 7.96. The van der Waals surface area contributed by atoms with Crippen LogP contribution in [0.1, 0.15) is 23.7 Å². The van der Waals surface area contributed by atoms with E-state index in [2.05, 4.69) is 77.8 Å². The van der Waals surface area contributed by atoms with E-state index in [1.54, 1.807) is 6.20 Å². The Morgan fingerprint density at radius 2 is 1.28 bits per heavy atom. The smallest absolute Gasteiger partial charge is 0.228 e. The van der Waals surface area contributed by atoms with Gasteiger partial charge in [0.1, 0.15) is 11.4 Å². The Balaban J connectivity index is 1.17. The minimum absolute atomic E-state index is 0.0231. The van der Waals surface area contributed by atoms with E-state index in [9.17, 15) is 0 Å². The highest BCUT2D eigenvalue weighted by Crippen LogP contribution is 2.36. The van der Waals surface area contributed by atoms with E-state index >= 15 is 0 Å². The molecule has 3 heterocycles. The van der Waals surface area contributed by atoms with Crippen molar-refractivity contribution in [3.63, 3.8) is 0 Å². The van der Waals surface area contributed by atoms with Crippen molar-refractivity contribution in [2.24, 2.45) is 0 Å². The second kappa shape index (κ2) is 10.6. The van der Waals surface area contributed by atoms with Crippen molar-refractivity contribution in [2.75, 3.05) is 0 Å². The van der Waals surface area contributed by atoms with Crippen LogP contribution in [0.3, 0.4) is 0 Å². The lowest BCUT2D eigenvalue weighted by atomic mass is 9.91. The van der Waals surface area contributed by atoms with Gasteiger partial charge in [-0.25, -0.2) is 19.9 Å². The Kier molecular flexibility index (Phi) is 6.19. The molecule has 7 aromatic rings. The molecule has 8 rings (SSSR count). The van der Waals surface area contributed by atoms with E-state index in [-0.39, 0.29) is 5.92 Å². The highest BCUT2D eigenvalue weighted by atomic mass is 16.3. The van der Waals surface area contributed by atoms with Gasteiger partial charge in [-0.2, -0.15) is 0 Å². The first-order valence-corrected chi connectivity index (χ1v) is 14.4. The molecule has 4 aromatic carbocycles. The Bertz CT molecular complexity index is 2150. The molecular formula is C38H26N4O. The summed E-state index contributed by atoms with van der Waals surface area (Å²) in [5, 5.41) is 1.90. The van der Waals surface area contributed by atoms with Crippen LogP contribution in [0.4, 0.5) is 0 Å². The summed E-state index contributed by atoms with van der Waals surface area (Å²) in [6.07, 6.45) is 9.23. The largest absolute Gasteiger partial charge is 0.438 e. The van der Waals surface area contributed by atoms with E-state index in [1.165, 1.54) is 22.3 Å². The van der Waals surface area contributed by atoms with Gasteiger partial charge in [0.25, 0.3) is 0 Å². The number of hydrogen-bond acceptors (Lipinski definition) is 5. The van der Waals surface area contributed by atoms with Crippen LogP contribution in [0, 0.1) is 0 Å². The first kappa shape index (κ1) is 25.1. The zero-order chi connectivity index (χ0) is 28.6. The average molecular weight is 555 g/mol. The van der Waals surface area contributed by atoms with Crippen molar-refractivity contribution in [1.82, 2.24) is 19.9 Å². The number of nitrogens with zero attached hydrogens (tertiary/aromatic N) is 4. The number of fused-ring (bicyclic) bond motifs is 3. The summed E-state index contributed by atoms with van der Waals surface area (Å²) in [7, 11) is 0. The van der Waals surface area contributed by atoms with Gasteiger partial charge in [-0.1, -0.05) is 121 Å². The van der Waals surface area contributed by atoms with Crippen LogP contribution in [0.2, 0.25) is 0 Å². The molecule has 43 heavy (non-hydrogen) atoms. The van der Waals surface area contributed by atoms with Crippen LogP contribution in [-0.4, -0.2) is 19.9 Å². The molecule has 0 saturated heterocycles. The van der Waals surface area contributed by atoms with Crippen LogP contribution in [0.5, 0.6) is 0 Å². The zero-order valence-electron chi connectivity index (χ0n) is 23.3. The number of rotatable bonds is 5. The third-order valence-corrected chi connectivity index (χ3v) is 7.96. The van der Waals surface area contributed by atoms with E-state index in [1.807, 2.05) is 60.7 Å². The number of allylic oxidation sites excluding steroid dienone is 4. The lowest BCUT2D eigenvalue weighted by Crippen LogP contribution is -2.08. The highest BCUT2D eigenvalue weighted by Gasteiger charge is 2.21. The Morgan fingerprint density at radius 3 is 2.05 bits per heavy atom. The topological polar surface area (TPSA) is 64.7 Å². The summed E-state index contributed by atoms with van der Waals surface area (Å²) in [4.78, 5) is 19.5. The predicted octanol–water partition coefficient (Wildman–Crippen LogP) is 9.29. The molecule has 204 valence electrons. The molecule has 1 atom stereocenters. The quantitative estimate of drug-likeness (QED) is 0.212. The number of para-hydroxylation sites is 1. The number of furan rings is 1. The Labute approximate surface area is 249 Å². The lowest BCUT2D eigenvalue weighted by molar-refractivity contribution is 0.654. The van der Waals surface area contributed by atoms with Gasteiger partial charge in [-0.3, -0.25) is 0 Å². The van der Waals surface area contributed by atoms with Crippen LogP contribution < -0.4 is 0 Å². The molecule has 5 heteroatoms. The minimum Gasteiger partial charge on any atom is -0.438 e. The fourth-order valence-electron chi connectivity index (χ4n) is 5.74. The minimum atomic E-state index is 0.0231. The van der Waals surface area contributed by atoms with Gasteiger partial charge in [-0.15, -0.1) is 0 Å². The molecule has 1 aliphatic carbocycles. The van der Waals surface area contributed by atoms with Crippen molar-refractivity contribution in [3.05, 3.63) is 151 Å². The number of benzene rings is 4. The summed E-state index contributed by atoms with van der Waals surface area (Å²) >= 11 is 0. The van der Waals surface area contributed by atoms with Crippen molar-refractivity contribution in [3.8, 4) is 33.9 Å². The number of hydrogen-bond donors (Lipinski definition) is 0. The van der Waals surface area contributed by atoms with Gasteiger partial charge in [0.05, 0.1) is 5.39 Å². The standard InChI is InChI=1S/C38H26N4O/c1-3-9-25(10-4-1)26-15-17-27(18-16-26)28-19-21-30(22-20-28)36-40-35(29-11-5-2-6-12-29)41-37(42-36)32-23-24-39-38-34(32)31-13-7-8-14-33(31)43-38/h1-21,23-24,30H,22H2. The molecule has 1 aliphatic rings. The lowest BCUT2D eigenvalue weighted by Gasteiger charge is -2.17. The van der Waals surface area contributed by atoms with E-state index < -0.39 is 0 Å². The molecule has 3 aromatic heterocycles. The number of aromatic nitrogens is 4. The molecular weight excluding hydrogens is 528 g/mol. The number of pyridine rings is 1. The third kappa shape index (κ3) is 4.71. The summed E-state index contributed by atoms with van der Waals surface area (Å²) in [6.45, 7) is 0. The summed E-state index contributed by atoms with van der Waals surface area (Å²) < 4.78 is 6.06. The molecule has 0 bridgehead atoms. The molecule has 0 aliphatic heterocycles. The Hall–Kier alpha value is -5.68. The summed E-state index contributed by atoms with van der Waals surface area (Å²) in [6, 6.07) is 39.2. The predicted molar refractivity (Wildman–Crippen MR) is 172 cm³/mol. The van der Waals surface area contributed by atoms with E-state index in [0.717, 1.165) is 39.7 Å². The van der Waals surface area contributed by atoms with Crippen molar-refractivity contribution in [2.45, 2.75) is 12.3 Å². The monoisotopic (exact) mass is 554 g/mol. The maximum Gasteiger partial charge on any atom is 0.228 e. The van der Waals surface area contributed by atoms with Crippen molar-refractivity contribution in [1.29, 1.82) is 0 Å². The van der Waals surface area contributed by atoms with Gasteiger partial charge >= 0.3 is 0 Å². The van der Waals surface area contributed by atoms with Gasteiger partial charge in [0.2, 0.25) is 5.71 Å². The fraction of sp³-hybridized carbons (Fsp3) is 0.0526. The van der Waals surface area contributed by atoms with Crippen LogP contribution in [0.15, 0.2) is 144 Å². The molecule has 0 fully saturated rings. The Morgan fingerprint density at radius 1 is 0.605 bits per heavy atom. The maximum atomic E-state index is 6.06. The molecule has 0 radical (unpaired) electrons. The molecule has 0 saturated carbocycles. The van der Waals surface area contributed by atoms with Crippen LogP contribution in [0.25, 0.3) is 61.5 Å². The first-order chi connectivity index (χ1) is 21.3. The second-order valence-corrected chi connectivity index (χ2v) is 10.6. The summed E-state index contributed by atoms with van der Waals surface area (Å²) in [5.41, 5.74) is 8.02. The molecule has 0 N–H and O–H groups in total. The highest BCUT2D eigenvalue weighted by molar-refractivity contribution is 6.10. The zero-order valence-corrected chi connectivity index (χ0v) is 23.3. The van der Waals surface area contributed by atoms with Crippen LogP contribution >= 0.6 is 0 Å². The fourth-order valence-corrected chi connectivity index (χ4v) is 5.74. The van der Waals surface area contributed by atoms with E-state index in [0.29, 0.717) is 17.4 Å². The van der Waals surface area contributed by atoms with E-state index in [4.69, 9.17) is 19.4 Å². The van der Waals surface area contributed by atoms with Gasteiger partial charge < -0.3 is 4.42 Å². The first-order valence-electron chi connectivity index (χ1n) is 14.4. The van der Waals surface area contributed by atoms with Crippen molar-refractivity contribution < 1.29 is 4.42 Å². The van der Waals surface area contributed by atoms with Gasteiger partial charge in [0.15, 0.2) is 11.6 Å². The molecule has 0 spiro atoms. The van der Waals surface area contributed by atoms with Gasteiger partial charge in [-0.05, 0) is 40.8 Å². The SMILES string of the molecule is C1=CC(c2nc(-c3ccccc3)nc(-c3ccnc4oc5ccccc5c34)n2)CC=C1c1ccc(-c2ccccc2)cc1. The molecule has 1 unspecified atom stereocenters.